The molecule has 23 heavy (non-hydrogen) atoms. The van der Waals surface area contributed by atoms with Gasteiger partial charge in [-0.05, 0) is 37.1 Å². The Bertz CT molecular complexity index is 703. The van der Waals surface area contributed by atoms with Crippen LogP contribution in [0.2, 0.25) is 0 Å². The van der Waals surface area contributed by atoms with Crippen molar-refractivity contribution in [3.8, 4) is 0 Å². The molecule has 1 aliphatic rings. The lowest BCUT2D eigenvalue weighted by Gasteiger charge is -2.32. The number of aromatic nitrogens is 1. The highest BCUT2D eigenvalue weighted by Gasteiger charge is 2.29. The molecule has 7 heteroatoms. The number of piperidine rings is 1. The van der Waals surface area contributed by atoms with E-state index in [1.807, 2.05) is 6.07 Å². The number of hydrogen-bond donors (Lipinski definition) is 1. The molecule has 118 valence electrons. The van der Waals surface area contributed by atoms with Gasteiger partial charge in [-0.15, -0.1) is 0 Å². The minimum absolute atomic E-state index is 0.0115. The summed E-state index contributed by atoms with van der Waals surface area (Å²) in [4.78, 5) is 28.6. The maximum atomic E-state index is 12.6. The molecule has 0 bridgehead atoms. The van der Waals surface area contributed by atoms with Crippen LogP contribution < -0.4 is 10.2 Å². The number of amides is 1. The first-order valence-corrected chi connectivity index (χ1v) is 7.37. The first-order valence-electron chi connectivity index (χ1n) is 7.37. The van der Waals surface area contributed by atoms with Crippen molar-refractivity contribution < 1.29 is 9.72 Å². The summed E-state index contributed by atoms with van der Waals surface area (Å²) in [5.41, 5.74) is 1.51. The number of nitro benzene ring substituents is 1. The average Bonchev–Trinajstić information content (AvgIpc) is 2.58. The molecule has 1 atom stereocenters. The molecule has 1 aromatic carbocycles. The minimum atomic E-state index is -0.445. The van der Waals surface area contributed by atoms with Crippen molar-refractivity contribution in [2.45, 2.75) is 18.9 Å². The first-order chi connectivity index (χ1) is 11.1. The topological polar surface area (TPSA) is 88.4 Å². The predicted octanol–water partition coefficient (Wildman–Crippen LogP) is 2.60. The van der Waals surface area contributed by atoms with Gasteiger partial charge in [0, 0.05) is 30.6 Å². The molecule has 0 spiro atoms. The van der Waals surface area contributed by atoms with Crippen LogP contribution in [0.4, 0.5) is 17.1 Å². The van der Waals surface area contributed by atoms with Crippen LogP contribution in [-0.2, 0) is 4.79 Å². The van der Waals surface area contributed by atoms with E-state index in [4.69, 9.17) is 0 Å². The summed E-state index contributed by atoms with van der Waals surface area (Å²) >= 11 is 0. The van der Waals surface area contributed by atoms with Crippen LogP contribution >= 0.6 is 0 Å². The van der Waals surface area contributed by atoms with Crippen molar-refractivity contribution in [1.82, 2.24) is 4.98 Å². The Morgan fingerprint density at radius 1 is 1.26 bits per heavy atom. The van der Waals surface area contributed by atoms with Crippen LogP contribution in [0.1, 0.15) is 12.8 Å². The van der Waals surface area contributed by atoms with Gasteiger partial charge < -0.3 is 10.2 Å². The van der Waals surface area contributed by atoms with Gasteiger partial charge in [-0.1, -0.05) is 0 Å². The number of benzene rings is 1. The number of carbonyl (C=O) groups excluding carboxylic acids is 1. The standard InChI is InChI=1S/C16H16N4O3/c21-16-15(18-12-5-7-13(8-6-12)20(22)23)4-2-10-19(16)14-3-1-9-17-11-14/h1,3,5-9,11,15,18H,2,4,10H2. The van der Waals surface area contributed by atoms with E-state index in [0.29, 0.717) is 12.2 Å². The van der Waals surface area contributed by atoms with E-state index in [1.165, 1.54) is 12.1 Å². The highest BCUT2D eigenvalue weighted by atomic mass is 16.6. The molecule has 2 aromatic rings. The number of pyridine rings is 1. The van der Waals surface area contributed by atoms with Crippen molar-refractivity contribution >= 4 is 23.0 Å². The molecule has 1 aliphatic heterocycles. The van der Waals surface area contributed by atoms with Crippen LogP contribution in [0.3, 0.4) is 0 Å². The predicted molar refractivity (Wildman–Crippen MR) is 86.3 cm³/mol. The van der Waals surface area contributed by atoms with Gasteiger partial charge in [-0.3, -0.25) is 19.9 Å². The van der Waals surface area contributed by atoms with E-state index in [9.17, 15) is 14.9 Å². The summed E-state index contributed by atoms with van der Waals surface area (Å²) in [5.74, 6) is -0.0115. The first kappa shape index (κ1) is 15.0. The third-order valence-corrected chi connectivity index (χ3v) is 3.82. The fourth-order valence-corrected chi connectivity index (χ4v) is 2.66. The van der Waals surface area contributed by atoms with Gasteiger partial charge >= 0.3 is 0 Å². The Morgan fingerprint density at radius 3 is 2.70 bits per heavy atom. The third kappa shape index (κ3) is 3.28. The van der Waals surface area contributed by atoms with Gasteiger partial charge in [0.25, 0.3) is 5.69 Å². The summed E-state index contributed by atoms with van der Waals surface area (Å²) < 4.78 is 0. The molecule has 3 rings (SSSR count). The molecule has 0 aliphatic carbocycles. The number of nitrogens with zero attached hydrogens (tertiary/aromatic N) is 3. The SMILES string of the molecule is O=C1C(Nc2ccc([N+](=O)[O-])cc2)CCCN1c1cccnc1. The molecule has 7 nitrogen and oxygen atoms in total. The number of hydrogen-bond acceptors (Lipinski definition) is 5. The number of carbonyl (C=O) groups is 1. The van der Waals surface area contributed by atoms with Crippen molar-refractivity contribution in [1.29, 1.82) is 0 Å². The van der Waals surface area contributed by atoms with Crippen LogP contribution in [0, 0.1) is 10.1 Å². The second-order valence-corrected chi connectivity index (χ2v) is 5.34. The summed E-state index contributed by atoms with van der Waals surface area (Å²) in [6.45, 7) is 0.670. The second-order valence-electron chi connectivity index (χ2n) is 5.34. The number of rotatable bonds is 4. The maximum absolute atomic E-state index is 12.6. The van der Waals surface area contributed by atoms with E-state index in [2.05, 4.69) is 10.3 Å². The smallest absolute Gasteiger partial charge is 0.269 e. The highest BCUT2D eigenvalue weighted by molar-refractivity contribution is 5.99. The summed E-state index contributed by atoms with van der Waals surface area (Å²) in [6, 6.07) is 9.41. The molecular weight excluding hydrogens is 296 g/mol. The normalized spacial score (nSPS) is 17.8. The Morgan fingerprint density at radius 2 is 2.04 bits per heavy atom. The van der Waals surface area contributed by atoms with E-state index in [-0.39, 0.29) is 17.6 Å². The molecule has 2 heterocycles. The monoisotopic (exact) mass is 312 g/mol. The molecular formula is C16H16N4O3. The molecule has 1 amide bonds. The quantitative estimate of drug-likeness (QED) is 0.692. The summed E-state index contributed by atoms with van der Waals surface area (Å²) in [5, 5.41) is 13.8. The summed E-state index contributed by atoms with van der Waals surface area (Å²) in [7, 11) is 0. The fraction of sp³-hybridized carbons (Fsp3) is 0.250. The lowest BCUT2D eigenvalue weighted by molar-refractivity contribution is -0.384. The zero-order valence-corrected chi connectivity index (χ0v) is 12.4. The van der Waals surface area contributed by atoms with E-state index in [1.54, 1.807) is 35.5 Å². The summed E-state index contributed by atoms with van der Waals surface area (Å²) in [6.07, 6.45) is 4.95. The minimum Gasteiger partial charge on any atom is -0.374 e. The Balaban J connectivity index is 1.72. The number of nitro groups is 1. The molecule has 1 saturated heterocycles. The van der Waals surface area contributed by atoms with E-state index >= 15 is 0 Å². The molecule has 1 unspecified atom stereocenters. The molecule has 0 radical (unpaired) electrons. The van der Waals surface area contributed by atoms with Gasteiger partial charge in [-0.2, -0.15) is 0 Å². The lowest BCUT2D eigenvalue weighted by atomic mass is 10.0. The van der Waals surface area contributed by atoms with E-state index < -0.39 is 4.92 Å². The highest BCUT2D eigenvalue weighted by Crippen LogP contribution is 2.23. The maximum Gasteiger partial charge on any atom is 0.269 e. The van der Waals surface area contributed by atoms with Gasteiger partial charge in [0.2, 0.25) is 5.91 Å². The van der Waals surface area contributed by atoms with Gasteiger partial charge in [-0.25, -0.2) is 0 Å². The van der Waals surface area contributed by atoms with Crippen LogP contribution in [0.15, 0.2) is 48.8 Å². The van der Waals surface area contributed by atoms with Gasteiger partial charge in [0.05, 0.1) is 16.8 Å². The largest absolute Gasteiger partial charge is 0.374 e. The van der Waals surface area contributed by atoms with Crippen molar-refractivity contribution in [2.24, 2.45) is 0 Å². The second kappa shape index (κ2) is 6.43. The average molecular weight is 312 g/mol. The number of non-ortho nitro benzene ring substituents is 1. The van der Waals surface area contributed by atoms with Crippen LogP contribution in [-0.4, -0.2) is 28.4 Å². The van der Waals surface area contributed by atoms with Crippen molar-refractivity contribution in [3.63, 3.8) is 0 Å². The third-order valence-electron chi connectivity index (χ3n) is 3.82. The molecule has 1 fully saturated rings. The zero-order valence-electron chi connectivity index (χ0n) is 12.4. The number of anilines is 2. The van der Waals surface area contributed by atoms with Crippen LogP contribution in [0.5, 0.6) is 0 Å². The molecule has 1 N–H and O–H groups in total. The fourth-order valence-electron chi connectivity index (χ4n) is 2.66. The van der Waals surface area contributed by atoms with E-state index in [0.717, 1.165) is 18.5 Å². The molecule has 1 aromatic heterocycles. The lowest BCUT2D eigenvalue weighted by Crippen LogP contribution is -2.47. The van der Waals surface area contributed by atoms with Gasteiger partial charge in [0.1, 0.15) is 6.04 Å². The van der Waals surface area contributed by atoms with Crippen molar-refractivity contribution in [3.05, 3.63) is 58.9 Å². The van der Waals surface area contributed by atoms with Gasteiger partial charge in [0.15, 0.2) is 0 Å². The zero-order chi connectivity index (χ0) is 16.2. The van der Waals surface area contributed by atoms with Crippen molar-refractivity contribution in [2.75, 3.05) is 16.8 Å². The molecule has 0 saturated carbocycles. The number of nitrogens with one attached hydrogen (secondary N) is 1. The Hall–Kier alpha value is -2.96. The Kier molecular flexibility index (Phi) is 4.18. The van der Waals surface area contributed by atoms with Crippen LogP contribution in [0.25, 0.3) is 0 Å². The Labute approximate surface area is 133 Å².